The maximum absolute atomic E-state index is 14.0. The Kier molecular flexibility index (Phi) is 9.39. The molecule has 200 valence electrons. The summed E-state index contributed by atoms with van der Waals surface area (Å²) in [5, 5.41) is 34.4. The molecular weight excluding hydrogens is 452 g/mol. The normalized spacial score (nSPS) is 25.9. The van der Waals surface area contributed by atoms with Gasteiger partial charge in [-0.25, -0.2) is 0 Å². The second-order valence-corrected chi connectivity index (χ2v) is 12.1. The summed E-state index contributed by atoms with van der Waals surface area (Å²) in [6.07, 6.45) is 5.83. The summed E-state index contributed by atoms with van der Waals surface area (Å²) in [6.45, 7) is 19.3. The van der Waals surface area contributed by atoms with Crippen LogP contribution in [0.15, 0.2) is 58.1 Å². The van der Waals surface area contributed by atoms with Gasteiger partial charge in [-0.05, 0) is 91.4 Å². The van der Waals surface area contributed by atoms with E-state index >= 15 is 0 Å². The molecule has 0 aromatic rings. The molecule has 5 nitrogen and oxygen atoms in total. The highest BCUT2D eigenvalue weighted by Gasteiger charge is 2.52. The zero-order valence-electron chi connectivity index (χ0n) is 23.5. The van der Waals surface area contributed by atoms with Crippen LogP contribution >= 0.6 is 0 Å². The zero-order chi connectivity index (χ0) is 27.6. The van der Waals surface area contributed by atoms with E-state index in [0.29, 0.717) is 6.42 Å². The molecule has 3 unspecified atom stereocenters. The van der Waals surface area contributed by atoms with Gasteiger partial charge >= 0.3 is 0 Å². The molecule has 0 aromatic carbocycles. The summed E-state index contributed by atoms with van der Waals surface area (Å²) in [6, 6.07) is 0. The van der Waals surface area contributed by atoms with Crippen molar-refractivity contribution in [1.29, 1.82) is 0 Å². The van der Waals surface area contributed by atoms with Crippen LogP contribution in [-0.4, -0.2) is 32.5 Å². The first-order valence-electron chi connectivity index (χ1n) is 13.1. The maximum atomic E-state index is 14.0. The van der Waals surface area contributed by atoms with E-state index in [1.807, 2.05) is 60.6 Å². The Labute approximate surface area is 217 Å². The van der Waals surface area contributed by atoms with E-state index in [-0.39, 0.29) is 60.3 Å². The SMILES string of the molecule is C=C(C)C1CCC(C)(O)C1CC1=C(O)C(CC=C(C)C)(CC=C(C)C)C(=O)C(C(=O)CC(C)C)=C1O. The number of allylic oxidation sites excluding steroid dienone is 8. The number of hydrogen-bond donors (Lipinski definition) is 3. The molecule has 0 bridgehead atoms. The van der Waals surface area contributed by atoms with Gasteiger partial charge in [0.2, 0.25) is 0 Å². The van der Waals surface area contributed by atoms with Crippen molar-refractivity contribution >= 4 is 11.6 Å². The molecule has 3 atom stereocenters. The molecule has 0 amide bonds. The summed E-state index contributed by atoms with van der Waals surface area (Å²) in [5.74, 6) is -1.87. The molecule has 0 aliphatic heterocycles. The average molecular weight is 499 g/mol. The van der Waals surface area contributed by atoms with Crippen LogP contribution in [0.25, 0.3) is 0 Å². The molecule has 0 heterocycles. The number of aliphatic hydroxyl groups excluding tert-OH is 2. The van der Waals surface area contributed by atoms with Crippen molar-refractivity contribution in [3.05, 3.63) is 58.1 Å². The third-order valence-electron chi connectivity index (χ3n) is 7.82. The fourth-order valence-electron chi connectivity index (χ4n) is 5.59. The molecule has 2 aliphatic rings. The van der Waals surface area contributed by atoms with Gasteiger partial charge in [0.25, 0.3) is 0 Å². The summed E-state index contributed by atoms with van der Waals surface area (Å²) >= 11 is 0. The first-order valence-corrected chi connectivity index (χ1v) is 13.1. The van der Waals surface area contributed by atoms with Gasteiger partial charge in [-0.15, -0.1) is 0 Å². The quantitative estimate of drug-likeness (QED) is 0.218. The number of ketones is 2. The third-order valence-corrected chi connectivity index (χ3v) is 7.82. The van der Waals surface area contributed by atoms with E-state index in [2.05, 4.69) is 6.58 Å². The van der Waals surface area contributed by atoms with Crippen molar-refractivity contribution in [1.82, 2.24) is 0 Å². The van der Waals surface area contributed by atoms with Crippen molar-refractivity contribution < 1.29 is 24.9 Å². The van der Waals surface area contributed by atoms with Crippen molar-refractivity contribution in [2.75, 3.05) is 0 Å². The highest BCUT2D eigenvalue weighted by atomic mass is 16.3. The van der Waals surface area contributed by atoms with Crippen LogP contribution in [0, 0.1) is 23.2 Å². The monoisotopic (exact) mass is 498 g/mol. The van der Waals surface area contributed by atoms with E-state index < -0.39 is 28.3 Å². The second-order valence-electron chi connectivity index (χ2n) is 12.1. The lowest BCUT2D eigenvalue weighted by molar-refractivity contribution is -0.128. The molecule has 1 saturated carbocycles. The predicted molar refractivity (Wildman–Crippen MR) is 146 cm³/mol. The van der Waals surface area contributed by atoms with Gasteiger partial charge in [-0.3, -0.25) is 9.59 Å². The number of carbonyl (C=O) groups excluding carboxylic acids is 2. The largest absolute Gasteiger partial charge is 0.511 e. The van der Waals surface area contributed by atoms with Crippen LogP contribution in [-0.2, 0) is 9.59 Å². The van der Waals surface area contributed by atoms with E-state index in [1.54, 1.807) is 6.92 Å². The summed E-state index contributed by atoms with van der Waals surface area (Å²) in [4.78, 5) is 27.4. The molecule has 0 spiro atoms. The molecule has 1 fully saturated rings. The van der Waals surface area contributed by atoms with Gasteiger partial charge in [0, 0.05) is 12.0 Å². The van der Waals surface area contributed by atoms with Gasteiger partial charge in [0.05, 0.1) is 11.0 Å². The summed E-state index contributed by atoms with van der Waals surface area (Å²) in [5.41, 5.74) is 0.483. The lowest BCUT2D eigenvalue weighted by Gasteiger charge is -2.38. The maximum Gasteiger partial charge on any atom is 0.184 e. The standard InChI is InChI=1S/C31H46O5/c1-18(2)10-14-31(15-11-19(3)4)28(34)23(17-24-22(21(7)8)12-13-30(24,9)36)27(33)26(29(31)35)25(32)16-20(5)6/h10-11,20,22,24,33-34,36H,7,12-17H2,1-6,8-9H3. The van der Waals surface area contributed by atoms with Crippen LogP contribution in [0.2, 0.25) is 0 Å². The zero-order valence-corrected chi connectivity index (χ0v) is 23.5. The van der Waals surface area contributed by atoms with E-state index in [4.69, 9.17) is 0 Å². The third kappa shape index (κ3) is 6.11. The minimum atomic E-state index is -1.39. The van der Waals surface area contributed by atoms with Gasteiger partial charge < -0.3 is 15.3 Å². The Morgan fingerprint density at radius 1 is 1.08 bits per heavy atom. The summed E-state index contributed by atoms with van der Waals surface area (Å²) < 4.78 is 0. The predicted octanol–water partition coefficient (Wildman–Crippen LogP) is 7.25. The Morgan fingerprint density at radius 2 is 1.61 bits per heavy atom. The fourth-order valence-corrected chi connectivity index (χ4v) is 5.59. The number of Topliss-reactive ketones (excluding diaryl/α,β-unsaturated/α-hetero) is 2. The Hall–Kier alpha value is -2.40. The van der Waals surface area contributed by atoms with Crippen molar-refractivity contribution in [2.24, 2.45) is 23.2 Å². The fraction of sp³-hybridized carbons (Fsp3) is 0.613. The van der Waals surface area contributed by atoms with Gasteiger partial charge in [-0.2, -0.15) is 0 Å². The van der Waals surface area contributed by atoms with Crippen LogP contribution in [0.5, 0.6) is 0 Å². The van der Waals surface area contributed by atoms with Crippen LogP contribution in [0.4, 0.5) is 0 Å². The Bertz CT molecular complexity index is 1000. The minimum absolute atomic E-state index is 0.00174. The summed E-state index contributed by atoms with van der Waals surface area (Å²) in [7, 11) is 0. The van der Waals surface area contributed by atoms with Crippen LogP contribution in [0.1, 0.15) is 93.9 Å². The van der Waals surface area contributed by atoms with Crippen molar-refractivity contribution in [3.8, 4) is 0 Å². The molecule has 36 heavy (non-hydrogen) atoms. The number of rotatable bonds is 10. The van der Waals surface area contributed by atoms with E-state index in [0.717, 1.165) is 23.1 Å². The van der Waals surface area contributed by atoms with Crippen LogP contribution < -0.4 is 0 Å². The molecule has 0 aromatic heterocycles. The smallest absolute Gasteiger partial charge is 0.184 e. The van der Waals surface area contributed by atoms with Crippen LogP contribution in [0.3, 0.4) is 0 Å². The molecule has 5 heteroatoms. The van der Waals surface area contributed by atoms with E-state index in [9.17, 15) is 24.9 Å². The molecule has 0 saturated heterocycles. The van der Waals surface area contributed by atoms with Gasteiger partial charge in [-0.1, -0.05) is 49.3 Å². The van der Waals surface area contributed by atoms with Gasteiger partial charge in [0.15, 0.2) is 11.6 Å². The lowest BCUT2D eigenvalue weighted by atomic mass is 9.65. The first-order chi connectivity index (χ1) is 16.5. The van der Waals surface area contributed by atoms with Crippen molar-refractivity contribution in [2.45, 2.75) is 99.5 Å². The molecule has 2 aliphatic carbocycles. The number of aliphatic hydroxyl groups is 3. The Balaban J connectivity index is 2.82. The topological polar surface area (TPSA) is 94.8 Å². The lowest BCUT2D eigenvalue weighted by Crippen LogP contribution is -2.42. The molecule has 0 radical (unpaired) electrons. The highest BCUT2D eigenvalue weighted by molar-refractivity contribution is 6.24. The number of carbonyl (C=O) groups is 2. The van der Waals surface area contributed by atoms with Gasteiger partial charge in [0.1, 0.15) is 17.1 Å². The Morgan fingerprint density at radius 3 is 2.06 bits per heavy atom. The highest BCUT2D eigenvalue weighted by Crippen LogP contribution is 2.52. The molecule has 2 rings (SSSR count). The first kappa shape index (κ1) is 29.8. The number of hydrogen-bond acceptors (Lipinski definition) is 5. The van der Waals surface area contributed by atoms with Crippen molar-refractivity contribution in [3.63, 3.8) is 0 Å². The van der Waals surface area contributed by atoms with E-state index in [1.165, 1.54) is 0 Å². The molecule has 3 N–H and O–H groups in total. The average Bonchev–Trinajstić information content (AvgIpc) is 3.04. The second kappa shape index (κ2) is 11.3. The molecular formula is C31H46O5. The minimum Gasteiger partial charge on any atom is -0.511 e.